The molecule has 1 aliphatic carbocycles. The van der Waals surface area contributed by atoms with Crippen LogP contribution >= 0.6 is 0 Å². The molecule has 0 unspecified atom stereocenters. The maximum absolute atomic E-state index is 12.2. The summed E-state index contributed by atoms with van der Waals surface area (Å²) in [5, 5.41) is 6.44. The number of aromatic amines is 1. The van der Waals surface area contributed by atoms with E-state index in [1.54, 1.807) is 6.92 Å². The van der Waals surface area contributed by atoms with Crippen LogP contribution in [0.25, 0.3) is 0 Å². The minimum atomic E-state index is -3.42. The Morgan fingerprint density at radius 3 is 2.39 bits per heavy atom. The second kappa shape index (κ2) is 5.84. The highest BCUT2D eigenvalue weighted by molar-refractivity contribution is 7.89. The predicted octanol–water partition coefficient (Wildman–Crippen LogP) is 2.11. The van der Waals surface area contributed by atoms with Crippen LogP contribution in [0, 0.1) is 6.92 Å². The van der Waals surface area contributed by atoms with Crippen LogP contribution in [0.1, 0.15) is 50.6 Å². The van der Waals surface area contributed by atoms with Gasteiger partial charge >= 0.3 is 0 Å². The number of aromatic nitrogens is 2. The lowest BCUT2D eigenvalue weighted by Gasteiger charge is -2.20. The largest absolute Gasteiger partial charge is 0.281 e. The van der Waals surface area contributed by atoms with Gasteiger partial charge in [-0.15, -0.1) is 0 Å². The summed E-state index contributed by atoms with van der Waals surface area (Å²) in [5.41, 5.74) is 0.591. The molecule has 1 aromatic heterocycles. The van der Waals surface area contributed by atoms with Crippen molar-refractivity contribution in [2.45, 2.75) is 62.8 Å². The predicted molar refractivity (Wildman–Crippen MR) is 69.8 cm³/mol. The third-order valence-electron chi connectivity index (χ3n) is 3.50. The van der Waals surface area contributed by atoms with E-state index in [0.29, 0.717) is 5.69 Å². The van der Waals surface area contributed by atoms with Gasteiger partial charge in [-0.1, -0.05) is 32.1 Å². The van der Waals surface area contributed by atoms with Gasteiger partial charge in [0, 0.05) is 6.04 Å². The Balaban J connectivity index is 2.05. The van der Waals surface area contributed by atoms with Crippen LogP contribution in [-0.2, 0) is 10.0 Å². The topological polar surface area (TPSA) is 74.8 Å². The Hall–Kier alpha value is -0.880. The van der Waals surface area contributed by atoms with Crippen molar-refractivity contribution < 1.29 is 8.42 Å². The molecule has 18 heavy (non-hydrogen) atoms. The first-order chi connectivity index (χ1) is 8.59. The Morgan fingerprint density at radius 1 is 1.22 bits per heavy atom. The zero-order valence-electron chi connectivity index (χ0n) is 10.8. The van der Waals surface area contributed by atoms with E-state index in [1.165, 1.54) is 25.5 Å². The highest BCUT2D eigenvalue weighted by Crippen LogP contribution is 2.19. The van der Waals surface area contributed by atoms with Crippen molar-refractivity contribution >= 4 is 10.0 Å². The van der Waals surface area contributed by atoms with E-state index in [-0.39, 0.29) is 10.9 Å². The van der Waals surface area contributed by atoms with Crippen molar-refractivity contribution in [2.75, 3.05) is 0 Å². The van der Waals surface area contributed by atoms with E-state index in [9.17, 15) is 8.42 Å². The summed E-state index contributed by atoms with van der Waals surface area (Å²) in [7, 11) is -3.42. The first-order valence-electron chi connectivity index (χ1n) is 6.62. The quantitative estimate of drug-likeness (QED) is 0.884. The van der Waals surface area contributed by atoms with Gasteiger partial charge in [0.05, 0.1) is 11.9 Å². The van der Waals surface area contributed by atoms with Gasteiger partial charge < -0.3 is 0 Å². The van der Waals surface area contributed by atoms with E-state index < -0.39 is 10.0 Å². The molecule has 5 nitrogen and oxygen atoms in total. The summed E-state index contributed by atoms with van der Waals surface area (Å²) in [5.74, 6) is 0. The summed E-state index contributed by atoms with van der Waals surface area (Å²) in [6.45, 7) is 1.72. The minimum Gasteiger partial charge on any atom is -0.281 e. The molecule has 0 amide bonds. The molecule has 1 aromatic rings. The number of nitrogens with zero attached hydrogens (tertiary/aromatic N) is 1. The lowest BCUT2D eigenvalue weighted by molar-refractivity contribution is 0.426. The fourth-order valence-electron chi connectivity index (χ4n) is 2.47. The van der Waals surface area contributed by atoms with Crippen LogP contribution in [0.15, 0.2) is 11.1 Å². The molecule has 1 fully saturated rings. The number of sulfonamides is 1. The van der Waals surface area contributed by atoms with Gasteiger partial charge in [0.25, 0.3) is 0 Å². The molecule has 1 aliphatic rings. The number of hydrogen-bond donors (Lipinski definition) is 2. The summed E-state index contributed by atoms with van der Waals surface area (Å²) >= 11 is 0. The van der Waals surface area contributed by atoms with Crippen molar-refractivity contribution in [3.63, 3.8) is 0 Å². The van der Waals surface area contributed by atoms with E-state index >= 15 is 0 Å². The minimum absolute atomic E-state index is 0.0737. The van der Waals surface area contributed by atoms with Crippen molar-refractivity contribution in [3.05, 3.63) is 11.9 Å². The fourth-order valence-corrected chi connectivity index (χ4v) is 3.91. The molecule has 0 radical (unpaired) electrons. The van der Waals surface area contributed by atoms with E-state index in [4.69, 9.17) is 0 Å². The summed E-state index contributed by atoms with van der Waals surface area (Å²) < 4.78 is 27.2. The van der Waals surface area contributed by atoms with E-state index in [1.807, 2.05) is 0 Å². The first-order valence-corrected chi connectivity index (χ1v) is 8.10. The Bertz CT molecular complexity index is 473. The molecule has 102 valence electrons. The summed E-state index contributed by atoms with van der Waals surface area (Å²) in [4.78, 5) is 0.268. The molecule has 0 saturated heterocycles. The van der Waals surface area contributed by atoms with Crippen molar-refractivity contribution in [1.82, 2.24) is 14.9 Å². The lowest BCUT2D eigenvalue weighted by atomic mass is 9.97. The Kier molecular flexibility index (Phi) is 4.40. The smallest absolute Gasteiger partial charge is 0.244 e. The molecule has 1 saturated carbocycles. The van der Waals surface area contributed by atoms with Crippen molar-refractivity contribution in [1.29, 1.82) is 0 Å². The number of hydrogen-bond acceptors (Lipinski definition) is 3. The Labute approximate surface area is 108 Å². The average Bonchev–Trinajstić information content (AvgIpc) is 2.69. The standard InChI is InChI=1S/C12H21N3O2S/c1-10-12(9-13-14-10)18(16,17)15-11-7-5-3-2-4-6-8-11/h9,11,15H,2-8H2,1H3,(H,13,14). The van der Waals surface area contributed by atoms with Crippen LogP contribution in [0.5, 0.6) is 0 Å². The van der Waals surface area contributed by atoms with Gasteiger partial charge in [0.1, 0.15) is 4.90 Å². The molecule has 0 aliphatic heterocycles. The molecule has 2 N–H and O–H groups in total. The van der Waals surface area contributed by atoms with Crippen LogP contribution in [0.2, 0.25) is 0 Å². The lowest BCUT2D eigenvalue weighted by Crippen LogP contribution is -2.35. The molecule has 0 bridgehead atoms. The summed E-state index contributed by atoms with van der Waals surface area (Å²) in [6.07, 6.45) is 9.17. The molecule has 2 rings (SSSR count). The molecular formula is C12H21N3O2S. The van der Waals surface area contributed by atoms with Gasteiger partial charge in [-0.25, -0.2) is 13.1 Å². The van der Waals surface area contributed by atoms with Crippen LogP contribution in [0.3, 0.4) is 0 Å². The molecule has 6 heteroatoms. The van der Waals surface area contributed by atoms with Gasteiger partial charge in [0.15, 0.2) is 0 Å². The maximum Gasteiger partial charge on any atom is 0.244 e. The zero-order chi connectivity index (χ0) is 13.0. The molecule has 0 atom stereocenters. The van der Waals surface area contributed by atoms with E-state index in [2.05, 4.69) is 14.9 Å². The first kappa shape index (κ1) is 13.5. The number of rotatable bonds is 3. The second-order valence-electron chi connectivity index (χ2n) is 5.02. The van der Waals surface area contributed by atoms with Crippen LogP contribution < -0.4 is 4.72 Å². The number of nitrogens with one attached hydrogen (secondary N) is 2. The third kappa shape index (κ3) is 3.32. The van der Waals surface area contributed by atoms with Gasteiger partial charge in [-0.05, 0) is 19.8 Å². The van der Waals surface area contributed by atoms with Crippen LogP contribution in [0.4, 0.5) is 0 Å². The summed E-state index contributed by atoms with van der Waals surface area (Å²) in [6, 6.07) is 0.0737. The fraction of sp³-hybridized carbons (Fsp3) is 0.750. The molecule has 1 heterocycles. The molecule has 0 spiro atoms. The van der Waals surface area contributed by atoms with Crippen LogP contribution in [-0.4, -0.2) is 24.7 Å². The average molecular weight is 271 g/mol. The van der Waals surface area contributed by atoms with Gasteiger partial charge in [0.2, 0.25) is 10.0 Å². The zero-order valence-corrected chi connectivity index (χ0v) is 11.6. The van der Waals surface area contributed by atoms with Gasteiger partial charge in [-0.3, -0.25) is 5.10 Å². The number of aryl methyl sites for hydroxylation is 1. The second-order valence-corrected chi connectivity index (χ2v) is 6.70. The highest BCUT2D eigenvalue weighted by Gasteiger charge is 2.23. The third-order valence-corrected chi connectivity index (χ3v) is 5.13. The molecule has 0 aromatic carbocycles. The highest BCUT2D eigenvalue weighted by atomic mass is 32.2. The monoisotopic (exact) mass is 271 g/mol. The van der Waals surface area contributed by atoms with Gasteiger partial charge in [-0.2, -0.15) is 5.10 Å². The van der Waals surface area contributed by atoms with Crippen molar-refractivity contribution in [3.8, 4) is 0 Å². The SMILES string of the molecule is Cc1[nH]ncc1S(=O)(=O)NC1CCCCCCC1. The van der Waals surface area contributed by atoms with Crippen molar-refractivity contribution in [2.24, 2.45) is 0 Å². The number of H-pyrrole nitrogens is 1. The maximum atomic E-state index is 12.2. The molecular weight excluding hydrogens is 250 g/mol. The normalized spacial score (nSPS) is 19.4. The van der Waals surface area contributed by atoms with E-state index in [0.717, 1.165) is 25.7 Å². The Morgan fingerprint density at radius 2 is 1.83 bits per heavy atom.